The molecule has 2 rings (SSSR count). The molecule has 15 heavy (non-hydrogen) atoms. The Bertz CT molecular complexity index is 426. The normalized spacial score (nSPS) is 9.93. The summed E-state index contributed by atoms with van der Waals surface area (Å²) in [6.07, 6.45) is 0. The number of rotatable bonds is 3. The molecule has 0 amide bonds. The van der Waals surface area contributed by atoms with E-state index >= 15 is 0 Å². The van der Waals surface area contributed by atoms with Crippen LogP contribution in [0.25, 0.3) is 0 Å². The molecule has 0 atom stereocenters. The molecule has 1 nitrogen and oxygen atoms in total. The second kappa shape index (κ2) is 4.89. The van der Waals surface area contributed by atoms with E-state index in [0.29, 0.717) is 6.61 Å². The zero-order chi connectivity index (χ0) is 10.5. The van der Waals surface area contributed by atoms with Gasteiger partial charge in [-0.05, 0) is 17.7 Å². The SMILES string of the molecule is Sc1ccccc1OCc1ccccc1. The minimum absolute atomic E-state index is 0.582. The summed E-state index contributed by atoms with van der Waals surface area (Å²) in [4.78, 5) is 0.869. The first-order valence-electron chi connectivity index (χ1n) is 4.81. The molecule has 0 saturated carbocycles. The number of thiol groups is 1. The van der Waals surface area contributed by atoms with E-state index in [1.165, 1.54) is 0 Å². The summed E-state index contributed by atoms with van der Waals surface area (Å²) in [5.74, 6) is 0.824. The highest BCUT2D eigenvalue weighted by molar-refractivity contribution is 7.80. The predicted molar refractivity (Wildman–Crippen MR) is 64.5 cm³/mol. The van der Waals surface area contributed by atoms with Gasteiger partial charge in [-0.2, -0.15) is 0 Å². The molecule has 0 unspecified atom stereocenters. The quantitative estimate of drug-likeness (QED) is 0.772. The van der Waals surface area contributed by atoms with E-state index in [1.54, 1.807) is 0 Å². The summed E-state index contributed by atoms with van der Waals surface area (Å²) in [6.45, 7) is 0.582. The van der Waals surface area contributed by atoms with E-state index in [1.807, 2.05) is 54.6 Å². The lowest BCUT2D eigenvalue weighted by molar-refractivity contribution is 0.299. The summed E-state index contributed by atoms with van der Waals surface area (Å²) in [7, 11) is 0. The van der Waals surface area contributed by atoms with Gasteiger partial charge in [-0.1, -0.05) is 42.5 Å². The van der Waals surface area contributed by atoms with Gasteiger partial charge in [-0.15, -0.1) is 12.6 Å². The van der Waals surface area contributed by atoms with Crippen LogP contribution >= 0.6 is 12.6 Å². The number of benzene rings is 2. The zero-order valence-electron chi connectivity index (χ0n) is 8.26. The Labute approximate surface area is 95.1 Å². The van der Waals surface area contributed by atoms with Crippen LogP contribution in [0.5, 0.6) is 5.75 Å². The van der Waals surface area contributed by atoms with Crippen molar-refractivity contribution in [2.45, 2.75) is 11.5 Å². The lowest BCUT2D eigenvalue weighted by atomic mass is 10.2. The van der Waals surface area contributed by atoms with Crippen LogP contribution in [0.3, 0.4) is 0 Å². The van der Waals surface area contributed by atoms with Crippen LogP contribution in [0.4, 0.5) is 0 Å². The minimum Gasteiger partial charge on any atom is -0.488 e. The summed E-state index contributed by atoms with van der Waals surface area (Å²) in [5.41, 5.74) is 1.16. The van der Waals surface area contributed by atoms with Gasteiger partial charge in [0.25, 0.3) is 0 Å². The highest BCUT2D eigenvalue weighted by Crippen LogP contribution is 2.22. The summed E-state index contributed by atoms with van der Waals surface area (Å²) in [6, 6.07) is 17.8. The lowest BCUT2D eigenvalue weighted by Gasteiger charge is -2.07. The molecular weight excluding hydrogens is 204 g/mol. The van der Waals surface area contributed by atoms with E-state index in [2.05, 4.69) is 12.6 Å². The van der Waals surface area contributed by atoms with Crippen LogP contribution in [0.15, 0.2) is 59.5 Å². The van der Waals surface area contributed by atoms with Crippen LogP contribution in [-0.4, -0.2) is 0 Å². The van der Waals surface area contributed by atoms with Crippen molar-refractivity contribution >= 4 is 12.6 Å². The minimum atomic E-state index is 0.582. The Hall–Kier alpha value is -1.41. The van der Waals surface area contributed by atoms with E-state index in [0.717, 1.165) is 16.2 Å². The average molecular weight is 216 g/mol. The topological polar surface area (TPSA) is 9.23 Å². The molecule has 0 saturated heterocycles. The molecule has 0 aliphatic rings. The third-order valence-electron chi connectivity index (χ3n) is 2.10. The van der Waals surface area contributed by atoms with Gasteiger partial charge in [0, 0.05) is 4.90 Å². The third kappa shape index (κ3) is 2.77. The molecule has 0 aliphatic heterocycles. The van der Waals surface area contributed by atoms with Gasteiger partial charge in [0.1, 0.15) is 12.4 Å². The number of ether oxygens (including phenoxy) is 1. The highest BCUT2D eigenvalue weighted by atomic mass is 32.1. The van der Waals surface area contributed by atoms with E-state index in [4.69, 9.17) is 4.74 Å². The van der Waals surface area contributed by atoms with Crippen molar-refractivity contribution in [3.05, 3.63) is 60.2 Å². The Morgan fingerprint density at radius 3 is 2.27 bits per heavy atom. The summed E-state index contributed by atoms with van der Waals surface area (Å²) < 4.78 is 5.65. The molecule has 0 radical (unpaired) electrons. The Morgan fingerprint density at radius 1 is 0.867 bits per heavy atom. The molecule has 0 spiro atoms. The standard InChI is InChI=1S/C13H12OS/c15-13-9-5-4-8-12(13)14-10-11-6-2-1-3-7-11/h1-9,15H,10H2. The van der Waals surface area contributed by atoms with Crippen LogP contribution < -0.4 is 4.74 Å². The fourth-order valence-corrected chi connectivity index (χ4v) is 1.54. The van der Waals surface area contributed by atoms with Gasteiger partial charge in [-0.3, -0.25) is 0 Å². The van der Waals surface area contributed by atoms with Crippen LogP contribution in [-0.2, 0) is 6.61 Å². The van der Waals surface area contributed by atoms with Crippen molar-refractivity contribution in [1.82, 2.24) is 0 Å². The molecule has 0 bridgehead atoms. The number of hydrogen-bond acceptors (Lipinski definition) is 2. The highest BCUT2D eigenvalue weighted by Gasteiger charge is 1.98. The Morgan fingerprint density at radius 2 is 1.53 bits per heavy atom. The number of para-hydroxylation sites is 1. The van der Waals surface area contributed by atoms with Crippen LogP contribution in [0.1, 0.15) is 5.56 Å². The first-order chi connectivity index (χ1) is 7.36. The molecule has 2 aromatic carbocycles. The lowest BCUT2D eigenvalue weighted by Crippen LogP contribution is -1.95. The molecule has 0 heterocycles. The van der Waals surface area contributed by atoms with Gasteiger partial charge in [0.05, 0.1) is 0 Å². The van der Waals surface area contributed by atoms with Gasteiger partial charge in [0.15, 0.2) is 0 Å². The van der Waals surface area contributed by atoms with Crippen LogP contribution in [0, 0.1) is 0 Å². The van der Waals surface area contributed by atoms with Gasteiger partial charge in [-0.25, -0.2) is 0 Å². The largest absolute Gasteiger partial charge is 0.488 e. The molecule has 2 aromatic rings. The summed E-state index contributed by atoms with van der Waals surface area (Å²) >= 11 is 4.32. The molecule has 0 aromatic heterocycles. The molecule has 76 valence electrons. The molecule has 2 heteroatoms. The van der Waals surface area contributed by atoms with Crippen molar-refractivity contribution in [3.63, 3.8) is 0 Å². The third-order valence-corrected chi connectivity index (χ3v) is 2.47. The molecule has 0 aliphatic carbocycles. The second-order valence-corrected chi connectivity index (χ2v) is 3.72. The maximum Gasteiger partial charge on any atom is 0.133 e. The fraction of sp³-hybridized carbons (Fsp3) is 0.0769. The predicted octanol–water partition coefficient (Wildman–Crippen LogP) is 3.55. The Kier molecular flexibility index (Phi) is 3.30. The first kappa shape index (κ1) is 10.1. The number of hydrogen-bond donors (Lipinski definition) is 1. The van der Waals surface area contributed by atoms with E-state index < -0.39 is 0 Å². The van der Waals surface area contributed by atoms with Crippen molar-refractivity contribution in [2.24, 2.45) is 0 Å². The molecule has 0 fully saturated rings. The monoisotopic (exact) mass is 216 g/mol. The van der Waals surface area contributed by atoms with Crippen molar-refractivity contribution in [2.75, 3.05) is 0 Å². The average Bonchev–Trinajstić information content (AvgIpc) is 2.29. The maximum atomic E-state index is 5.65. The van der Waals surface area contributed by atoms with Crippen molar-refractivity contribution in [1.29, 1.82) is 0 Å². The van der Waals surface area contributed by atoms with Gasteiger partial charge in [0.2, 0.25) is 0 Å². The van der Waals surface area contributed by atoms with Crippen molar-refractivity contribution in [3.8, 4) is 5.75 Å². The van der Waals surface area contributed by atoms with E-state index in [-0.39, 0.29) is 0 Å². The van der Waals surface area contributed by atoms with Gasteiger partial charge < -0.3 is 4.74 Å². The van der Waals surface area contributed by atoms with Gasteiger partial charge >= 0.3 is 0 Å². The smallest absolute Gasteiger partial charge is 0.133 e. The fourth-order valence-electron chi connectivity index (χ4n) is 1.31. The van der Waals surface area contributed by atoms with E-state index in [9.17, 15) is 0 Å². The first-order valence-corrected chi connectivity index (χ1v) is 5.26. The molecular formula is C13H12OS. The van der Waals surface area contributed by atoms with Crippen molar-refractivity contribution < 1.29 is 4.74 Å². The molecule has 0 N–H and O–H groups in total. The maximum absolute atomic E-state index is 5.65. The van der Waals surface area contributed by atoms with Crippen LogP contribution in [0.2, 0.25) is 0 Å². The Balaban J connectivity index is 2.03. The second-order valence-electron chi connectivity index (χ2n) is 3.24. The zero-order valence-corrected chi connectivity index (χ0v) is 9.15. The summed E-state index contributed by atoms with van der Waals surface area (Å²) in [5, 5.41) is 0.